The van der Waals surface area contributed by atoms with Gasteiger partial charge in [-0.3, -0.25) is 4.79 Å². The highest BCUT2D eigenvalue weighted by atomic mass is 79.9. The van der Waals surface area contributed by atoms with Crippen molar-refractivity contribution in [1.29, 1.82) is 0 Å². The van der Waals surface area contributed by atoms with Gasteiger partial charge < -0.3 is 4.98 Å². The second kappa shape index (κ2) is 3.95. The van der Waals surface area contributed by atoms with Crippen LogP contribution in [0.15, 0.2) is 10.9 Å². The molecule has 0 radical (unpaired) electrons. The van der Waals surface area contributed by atoms with E-state index in [0.717, 1.165) is 0 Å². The molecule has 0 saturated heterocycles. The van der Waals surface area contributed by atoms with Gasteiger partial charge in [0.2, 0.25) is 0 Å². The Kier molecular flexibility index (Phi) is 3.13. The summed E-state index contributed by atoms with van der Waals surface area (Å²) in [7, 11) is 0. The summed E-state index contributed by atoms with van der Waals surface area (Å²) in [5, 5.41) is -0.00230. The number of halogens is 4. The van der Waals surface area contributed by atoms with Gasteiger partial charge in [0.05, 0.1) is 11.3 Å². The number of pyridine rings is 1. The maximum atomic E-state index is 12.9. The molecule has 1 rings (SSSR count). The molecule has 1 N–H and O–H groups in total. The fourth-order valence-corrected chi connectivity index (χ4v) is 1.34. The van der Waals surface area contributed by atoms with Gasteiger partial charge in [-0.25, -0.2) is 8.78 Å². The van der Waals surface area contributed by atoms with Gasteiger partial charge in [-0.05, 0) is 0 Å². The van der Waals surface area contributed by atoms with E-state index in [1.54, 1.807) is 0 Å². The van der Waals surface area contributed by atoms with E-state index in [1.165, 1.54) is 0 Å². The molecule has 0 aliphatic carbocycles. The first-order valence-corrected chi connectivity index (χ1v) is 4.44. The molecule has 0 unspecified atom stereocenters. The van der Waals surface area contributed by atoms with Crippen molar-refractivity contribution in [1.82, 2.24) is 4.98 Å². The molecule has 2 nitrogen and oxygen atoms in total. The van der Waals surface area contributed by atoms with Crippen molar-refractivity contribution in [3.05, 3.63) is 33.5 Å². The van der Waals surface area contributed by atoms with Gasteiger partial charge >= 0.3 is 0 Å². The Morgan fingerprint density at radius 3 is 2.54 bits per heavy atom. The molecule has 72 valence electrons. The normalized spacial score (nSPS) is 10.8. The van der Waals surface area contributed by atoms with Gasteiger partial charge in [0, 0.05) is 11.4 Å². The third-order valence-corrected chi connectivity index (χ3v) is 2.03. The highest BCUT2D eigenvalue weighted by molar-refractivity contribution is 9.08. The van der Waals surface area contributed by atoms with Crippen LogP contribution < -0.4 is 5.43 Å². The molecule has 0 bridgehead atoms. The second-order valence-electron chi connectivity index (χ2n) is 2.32. The van der Waals surface area contributed by atoms with Crippen LogP contribution >= 0.6 is 15.9 Å². The van der Waals surface area contributed by atoms with Crippen LogP contribution in [-0.2, 0) is 5.33 Å². The van der Waals surface area contributed by atoms with Crippen LogP contribution in [0.3, 0.4) is 0 Å². The summed E-state index contributed by atoms with van der Waals surface area (Å²) in [6.45, 7) is 0. The van der Waals surface area contributed by atoms with Crippen molar-refractivity contribution in [3.63, 3.8) is 0 Å². The lowest BCUT2D eigenvalue weighted by atomic mass is 10.2. The third-order valence-electron chi connectivity index (χ3n) is 1.47. The molecular weight excluding hydrogens is 251 g/mol. The molecule has 0 aliphatic heterocycles. The van der Waals surface area contributed by atoms with Crippen molar-refractivity contribution in [3.8, 4) is 0 Å². The molecule has 1 aromatic heterocycles. The zero-order valence-corrected chi connectivity index (χ0v) is 7.87. The molecule has 6 heteroatoms. The van der Waals surface area contributed by atoms with Crippen LogP contribution in [0.2, 0.25) is 0 Å². The molecule has 0 saturated carbocycles. The van der Waals surface area contributed by atoms with E-state index in [-0.39, 0.29) is 10.9 Å². The Morgan fingerprint density at radius 1 is 1.54 bits per heavy atom. The average molecular weight is 256 g/mol. The van der Waals surface area contributed by atoms with Crippen LogP contribution in [0.5, 0.6) is 0 Å². The molecule has 0 aromatic carbocycles. The Bertz CT molecular complexity index is 363. The lowest BCUT2D eigenvalue weighted by Gasteiger charge is -2.02. The SMILES string of the molecule is O=c1cc(C(F)F)[nH]c(F)c1CBr. The van der Waals surface area contributed by atoms with Crippen LogP contribution in [0.1, 0.15) is 17.7 Å². The maximum Gasteiger partial charge on any atom is 0.278 e. The molecule has 1 heterocycles. The zero-order chi connectivity index (χ0) is 10.0. The van der Waals surface area contributed by atoms with E-state index in [1.807, 2.05) is 4.98 Å². The predicted octanol–water partition coefficient (Wildman–Crippen LogP) is 2.35. The quantitative estimate of drug-likeness (QED) is 0.639. The van der Waals surface area contributed by atoms with Crippen LogP contribution in [0.4, 0.5) is 13.2 Å². The Hall–Kier alpha value is -0.780. The molecule has 0 fully saturated rings. The smallest absolute Gasteiger partial charge is 0.278 e. The Balaban J connectivity index is 3.29. The van der Waals surface area contributed by atoms with E-state index in [2.05, 4.69) is 15.9 Å². The number of hydrogen-bond acceptors (Lipinski definition) is 1. The fourth-order valence-electron chi connectivity index (χ4n) is 0.817. The first kappa shape index (κ1) is 10.3. The van der Waals surface area contributed by atoms with E-state index < -0.39 is 23.5 Å². The number of rotatable bonds is 2. The van der Waals surface area contributed by atoms with Gasteiger partial charge in [0.15, 0.2) is 11.4 Å². The van der Waals surface area contributed by atoms with Crippen molar-refractivity contribution >= 4 is 15.9 Å². The molecule has 0 atom stereocenters. The fraction of sp³-hybridized carbons (Fsp3) is 0.286. The largest absolute Gasteiger partial charge is 0.330 e. The minimum absolute atomic E-state index is 0.00230. The lowest BCUT2D eigenvalue weighted by Crippen LogP contribution is -2.13. The highest BCUT2D eigenvalue weighted by Crippen LogP contribution is 2.16. The third kappa shape index (κ3) is 2.12. The van der Waals surface area contributed by atoms with E-state index in [9.17, 15) is 18.0 Å². The molecular formula is C7H5BrF3NO. The minimum atomic E-state index is -2.87. The molecule has 0 amide bonds. The standard InChI is InChI=1S/C7H5BrF3NO/c8-2-3-5(13)1-4(6(9)10)12-7(3)11/h1,6H,2H2,(H,12,13). The number of hydrogen-bond donors (Lipinski definition) is 1. The first-order valence-electron chi connectivity index (χ1n) is 3.32. The van der Waals surface area contributed by atoms with Crippen LogP contribution in [0, 0.1) is 5.95 Å². The summed E-state index contributed by atoms with van der Waals surface area (Å²) in [4.78, 5) is 12.8. The van der Waals surface area contributed by atoms with Crippen LogP contribution in [-0.4, -0.2) is 4.98 Å². The number of H-pyrrole nitrogens is 1. The topological polar surface area (TPSA) is 32.9 Å². The van der Waals surface area contributed by atoms with Crippen molar-refractivity contribution in [2.75, 3.05) is 0 Å². The Morgan fingerprint density at radius 2 is 2.15 bits per heavy atom. The molecule has 0 spiro atoms. The molecule has 13 heavy (non-hydrogen) atoms. The van der Waals surface area contributed by atoms with Gasteiger partial charge in [-0.15, -0.1) is 0 Å². The zero-order valence-electron chi connectivity index (χ0n) is 6.28. The number of aromatic amines is 1. The summed E-state index contributed by atoms with van der Waals surface area (Å²) in [6, 6.07) is 0.699. The van der Waals surface area contributed by atoms with Crippen LogP contribution in [0.25, 0.3) is 0 Å². The summed E-state index contributed by atoms with van der Waals surface area (Å²) in [5.74, 6) is -1.01. The van der Waals surface area contributed by atoms with E-state index in [4.69, 9.17) is 0 Å². The molecule has 1 aromatic rings. The number of nitrogens with one attached hydrogen (secondary N) is 1. The van der Waals surface area contributed by atoms with E-state index in [0.29, 0.717) is 6.07 Å². The predicted molar refractivity (Wildman–Crippen MR) is 44.6 cm³/mol. The van der Waals surface area contributed by atoms with Crippen molar-refractivity contribution in [2.24, 2.45) is 0 Å². The average Bonchev–Trinajstić information content (AvgIpc) is 2.03. The lowest BCUT2D eigenvalue weighted by molar-refractivity contribution is 0.144. The van der Waals surface area contributed by atoms with Gasteiger partial charge in [-0.1, -0.05) is 15.9 Å². The number of alkyl halides is 3. The van der Waals surface area contributed by atoms with Crippen molar-refractivity contribution < 1.29 is 13.2 Å². The van der Waals surface area contributed by atoms with E-state index >= 15 is 0 Å². The van der Waals surface area contributed by atoms with Gasteiger partial charge in [0.1, 0.15) is 0 Å². The number of aromatic nitrogens is 1. The molecule has 0 aliphatic rings. The monoisotopic (exact) mass is 255 g/mol. The second-order valence-corrected chi connectivity index (χ2v) is 2.88. The van der Waals surface area contributed by atoms with Gasteiger partial charge in [-0.2, -0.15) is 4.39 Å². The highest BCUT2D eigenvalue weighted by Gasteiger charge is 2.13. The summed E-state index contributed by atoms with van der Waals surface area (Å²) in [5.41, 5.74) is -1.61. The first-order chi connectivity index (χ1) is 6.06. The maximum absolute atomic E-state index is 12.9. The summed E-state index contributed by atoms with van der Waals surface area (Å²) >= 11 is 2.87. The minimum Gasteiger partial charge on any atom is -0.330 e. The summed E-state index contributed by atoms with van der Waals surface area (Å²) in [6.07, 6.45) is -2.87. The Labute approximate surface area is 79.9 Å². The van der Waals surface area contributed by atoms with Crippen molar-refractivity contribution in [2.45, 2.75) is 11.8 Å². The van der Waals surface area contributed by atoms with Gasteiger partial charge in [0.25, 0.3) is 6.43 Å². The summed E-state index contributed by atoms with van der Waals surface area (Å²) < 4.78 is 36.9.